The Hall–Kier alpha value is -2.34. The summed E-state index contributed by atoms with van der Waals surface area (Å²) < 4.78 is 1.73. The summed E-state index contributed by atoms with van der Waals surface area (Å²) in [5.74, 6) is 0. The van der Waals surface area contributed by atoms with Gasteiger partial charge in [-0.3, -0.25) is 0 Å². The minimum atomic E-state index is -0.233. The lowest BCUT2D eigenvalue weighted by Gasteiger charge is -2.21. The highest BCUT2D eigenvalue weighted by Crippen LogP contribution is 2.19. The molecule has 0 atom stereocenters. The zero-order chi connectivity index (χ0) is 15.2. The first kappa shape index (κ1) is 15.1. The molecule has 6 nitrogen and oxygen atoms in total. The number of aliphatic hydroxyl groups is 1. The first-order chi connectivity index (χ1) is 10.2. The van der Waals surface area contributed by atoms with Crippen LogP contribution in [0.2, 0.25) is 0 Å². The average molecular weight is 288 g/mol. The van der Waals surface area contributed by atoms with Crippen LogP contribution in [0.3, 0.4) is 0 Å². The van der Waals surface area contributed by atoms with Crippen molar-refractivity contribution in [3.05, 3.63) is 42.2 Å². The molecular weight excluding hydrogens is 268 g/mol. The Morgan fingerprint density at radius 3 is 2.76 bits per heavy atom. The van der Waals surface area contributed by atoms with Crippen molar-refractivity contribution in [3.63, 3.8) is 0 Å². The van der Waals surface area contributed by atoms with Crippen LogP contribution < -0.4 is 5.32 Å². The van der Waals surface area contributed by atoms with Gasteiger partial charge in [0.25, 0.3) is 0 Å². The van der Waals surface area contributed by atoms with Gasteiger partial charge in [0.05, 0.1) is 23.7 Å². The minimum absolute atomic E-state index is 0.0543. The number of rotatable bonds is 5. The molecule has 0 aliphatic carbocycles. The number of likely N-dealkylation sites (N-methyl/N-ethyl adjacent to an activating group) is 1. The number of carbonyl (C=O) groups is 1. The molecule has 1 aromatic carbocycles. The molecule has 1 heterocycles. The molecule has 0 aliphatic heterocycles. The molecule has 0 saturated heterocycles. The van der Waals surface area contributed by atoms with E-state index in [4.69, 9.17) is 5.11 Å². The van der Waals surface area contributed by atoms with E-state index in [1.165, 1.54) is 0 Å². The van der Waals surface area contributed by atoms with Crippen molar-refractivity contribution in [2.75, 3.05) is 25.0 Å². The van der Waals surface area contributed by atoms with E-state index in [-0.39, 0.29) is 12.6 Å². The number of anilines is 1. The maximum atomic E-state index is 12.2. The van der Waals surface area contributed by atoms with Gasteiger partial charge < -0.3 is 15.3 Å². The third-order valence-corrected chi connectivity index (χ3v) is 3.15. The molecule has 1 aromatic heterocycles. The van der Waals surface area contributed by atoms with Gasteiger partial charge in [0.1, 0.15) is 0 Å². The molecule has 0 unspecified atom stereocenters. The highest BCUT2D eigenvalue weighted by Gasteiger charge is 2.13. The van der Waals surface area contributed by atoms with Gasteiger partial charge >= 0.3 is 6.03 Å². The molecule has 21 heavy (non-hydrogen) atoms. The molecule has 0 radical (unpaired) electrons. The Morgan fingerprint density at radius 1 is 1.38 bits per heavy atom. The van der Waals surface area contributed by atoms with Gasteiger partial charge in [-0.15, -0.1) is 0 Å². The number of urea groups is 1. The van der Waals surface area contributed by atoms with Crippen molar-refractivity contribution in [1.29, 1.82) is 0 Å². The third-order valence-electron chi connectivity index (χ3n) is 3.15. The van der Waals surface area contributed by atoms with E-state index in [1.54, 1.807) is 9.58 Å². The monoisotopic (exact) mass is 288 g/mol. The van der Waals surface area contributed by atoms with Crippen molar-refractivity contribution < 1.29 is 9.90 Å². The second kappa shape index (κ2) is 6.90. The van der Waals surface area contributed by atoms with E-state index in [2.05, 4.69) is 10.4 Å². The van der Waals surface area contributed by atoms with Crippen LogP contribution in [-0.4, -0.2) is 45.5 Å². The van der Waals surface area contributed by atoms with Gasteiger partial charge in [0.2, 0.25) is 0 Å². The fraction of sp³-hybridized carbons (Fsp3) is 0.333. The van der Waals surface area contributed by atoms with Gasteiger partial charge in [-0.1, -0.05) is 12.1 Å². The topological polar surface area (TPSA) is 70.4 Å². The number of nitrogens with one attached hydrogen (secondary N) is 1. The normalized spacial score (nSPS) is 10.4. The average Bonchev–Trinajstić information content (AvgIpc) is 2.91. The van der Waals surface area contributed by atoms with Crippen molar-refractivity contribution in [3.8, 4) is 5.69 Å². The van der Waals surface area contributed by atoms with Gasteiger partial charge in [0, 0.05) is 19.3 Å². The number of benzene rings is 1. The van der Waals surface area contributed by atoms with Crippen molar-refractivity contribution in [2.24, 2.45) is 0 Å². The van der Waals surface area contributed by atoms with Gasteiger partial charge in [-0.05, 0) is 32.0 Å². The second-order valence-corrected chi connectivity index (χ2v) is 4.65. The van der Waals surface area contributed by atoms with Gasteiger partial charge in [0.15, 0.2) is 0 Å². The van der Waals surface area contributed by atoms with E-state index < -0.39 is 0 Å². The molecule has 0 bridgehead atoms. The molecule has 2 amide bonds. The molecule has 2 aromatic rings. The SMILES string of the molecule is CCN(CCO)C(=O)Nc1ccccc1-n1ccc(C)n1. The number of aryl methyl sites for hydroxylation is 1. The molecular formula is C15H20N4O2. The smallest absolute Gasteiger partial charge is 0.321 e. The van der Waals surface area contributed by atoms with Crippen LogP contribution in [0, 0.1) is 6.92 Å². The predicted octanol–water partition coefficient (Wildman–Crippen LogP) is 2.03. The fourth-order valence-electron chi connectivity index (χ4n) is 2.05. The lowest BCUT2D eigenvalue weighted by atomic mass is 10.2. The van der Waals surface area contributed by atoms with Gasteiger partial charge in [-0.25, -0.2) is 9.48 Å². The molecule has 2 rings (SSSR count). The number of carbonyl (C=O) groups excluding carboxylic acids is 1. The van der Waals surface area contributed by atoms with Crippen molar-refractivity contribution >= 4 is 11.7 Å². The Balaban J connectivity index is 2.23. The Bertz CT molecular complexity index is 609. The van der Waals surface area contributed by atoms with Crippen LogP contribution in [0.1, 0.15) is 12.6 Å². The minimum Gasteiger partial charge on any atom is -0.395 e. The quantitative estimate of drug-likeness (QED) is 0.884. The van der Waals surface area contributed by atoms with Crippen molar-refractivity contribution in [1.82, 2.24) is 14.7 Å². The van der Waals surface area contributed by atoms with Crippen LogP contribution in [-0.2, 0) is 0 Å². The third kappa shape index (κ3) is 3.61. The van der Waals surface area contributed by atoms with Crippen LogP contribution in [0.25, 0.3) is 5.69 Å². The Kier molecular flexibility index (Phi) is 4.94. The summed E-state index contributed by atoms with van der Waals surface area (Å²) in [5, 5.41) is 16.2. The predicted molar refractivity (Wildman–Crippen MR) is 81.7 cm³/mol. The summed E-state index contributed by atoms with van der Waals surface area (Å²) in [6, 6.07) is 9.15. The number of hydrogen-bond donors (Lipinski definition) is 2. The molecule has 0 spiro atoms. The standard InChI is InChI=1S/C15H20N4O2/c1-3-18(10-11-20)15(21)16-13-6-4-5-7-14(13)19-9-8-12(2)17-19/h4-9,20H,3,10-11H2,1-2H3,(H,16,21). The largest absolute Gasteiger partial charge is 0.395 e. The number of aliphatic hydroxyl groups excluding tert-OH is 1. The van der Waals surface area contributed by atoms with Crippen LogP contribution in [0.15, 0.2) is 36.5 Å². The molecule has 112 valence electrons. The van der Waals surface area contributed by atoms with E-state index in [0.29, 0.717) is 18.8 Å². The summed E-state index contributed by atoms with van der Waals surface area (Å²) in [5.41, 5.74) is 2.40. The Morgan fingerprint density at radius 2 is 2.14 bits per heavy atom. The van der Waals surface area contributed by atoms with E-state index in [1.807, 2.05) is 50.4 Å². The Labute approximate surface area is 124 Å². The number of nitrogens with zero attached hydrogens (tertiary/aromatic N) is 3. The zero-order valence-electron chi connectivity index (χ0n) is 12.3. The first-order valence-electron chi connectivity index (χ1n) is 6.94. The summed E-state index contributed by atoms with van der Waals surface area (Å²) in [4.78, 5) is 13.7. The maximum absolute atomic E-state index is 12.2. The fourth-order valence-corrected chi connectivity index (χ4v) is 2.05. The number of hydrogen-bond acceptors (Lipinski definition) is 3. The molecule has 2 N–H and O–H groups in total. The maximum Gasteiger partial charge on any atom is 0.321 e. The van der Waals surface area contributed by atoms with Gasteiger partial charge in [-0.2, -0.15) is 5.10 Å². The van der Waals surface area contributed by atoms with E-state index >= 15 is 0 Å². The number of aromatic nitrogens is 2. The van der Waals surface area contributed by atoms with Crippen LogP contribution in [0.5, 0.6) is 0 Å². The molecule has 6 heteroatoms. The summed E-state index contributed by atoms with van der Waals surface area (Å²) in [6.45, 7) is 4.58. The highest BCUT2D eigenvalue weighted by molar-refractivity contribution is 5.91. The lowest BCUT2D eigenvalue weighted by Crippen LogP contribution is -2.37. The first-order valence-corrected chi connectivity index (χ1v) is 6.94. The summed E-state index contributed by atoms with van der Waals surface area (Å²) in [7, 11) is 0. The van der Waals surface area contributed by atoms with Crippen molar-refractivity contribution in [2.45, 2.75) is 13.8 Å². The summed E-state index contributed by atoms with van der Waals surface area (Å²) >= 11 is 0. The summed E-state index contributed by atoms with van der Waals surface area (Å²) in [6.07, 6.45) is 1.85. The number of amides is 2. The second-order valence-electron chi connectivity index (χ2n) is 4.65. The zero-order valence-corrected chi connectivity index (χ0v) is 12.3. The molecule has 0 aliphatic rings. The molecule has 0 saturated carbocycles. The lowest BCUT2D eigenvalue weighted by molar-refractivity contribution is 0.192. The highest BCUT2D eigenvalue weighted by atomic mass is 16.3. The number of para-hydroxylation sites is 2. The van der Waals surface area contributed by atoms with Crippen LogP contribution in [0.4, 0.5) is 10.5 Å². The van der Waals surface area contributed by atoms with E-state index in [0.717, 1.165) is 11.4 Å². The molecule has 0 fully saturated rings. The van der Waals surface area contributed by atoms with E-state index in [9.17, 15) is 4.79 Å². The van der Waals surface area contributed by atoms with Crippen LogP contribution >= 0.6 is 0 Å².